The third-order valence-electron chi connectivity index (χ3n) is 4.17. The Labute approximate surface area is 140 Å². The summed E-state index contributed by atoms with van der Waals surface area (Å²) in [5.41, 5.74) is 2.91. The zero-order chi connectivity index (χ0) is 15.6. The van der Waals surface area contributed by atoms with E-state index in [1.165, 1.54) is 0 Å². The molecule has 0 unspecified atom stereocenters. The van der Waals surface area contributed by atoms with Gasteiger partial charge in [0.15, 0.2) is 0 Å². The largest absolute Gasteiger partial charge is 0.376 e. The normalized spacial score (nSPS) is 17.7. The zero-order valence-electron chi connectivity index (χ0n) is 12.7. The van der Waals surface area contributed by atoms with Crippen LogP contribution in [0.15, 0.2) is 48.7 Å². The minimum absolute atomic E-state index is 0.280. The predicted molar refractivity (Wildman–Crippen MR) is 93.1 cm³/mol. The molecule has 1 atom stereocenters. The second kappa shape index (κ2) is 6.22. The average Bonchev–Trinajstić information content (AvgIpc) is 3.21. The number of ether oxygens (including phenoxy) is 1. The Morgan fingerprint density at radius 3 is 2.87 bits per heavy atom. The number of hydrogen-bond donors (Lipinski definition) is 1. The molecule has 0 spiro atoms. The van der Waals surface area contributed by atoms with Crippen LogP contribution in [0.3, 0.4) is 0 Å². The van der Waals surface area contributed by atoms with Gasteiger partial charge in [0.2, 0.25) is 0 Å². The summed E-state index contributed by atoms with van der Waals surface area (Å²) in [4.78, 5) is 4.77. The topological polar surface area (TPSA) is 38.6 Å². The second-order valence-corrected chi connectivity index (χ2v) is 6.20. The van der Waals surface area contributed by atoms with Gasteiger partial charge in [-0.3, -0.25) is 4.40 Å². The number of anilines is 1. The molecule has 3 heterocycles. The van der Waals surface area contributed by atoms with Gasteiger partial charge in [0.1, 0.15) is 17.2 Å². The molecule has 2 aromatic heterocycles. The highest BCUT2D eigenvalue weighted by Crippen LogP contribution is 2.30. The molecule has 1 saturated heterocycles. The van der Waals surface area contributed by atoms with Gasteiger partial charge in [0.05, 0.1) is 6.10 Å². The van der Waals surface area contributed by atoms with Crippen molar-refractivity contribution in [1.29, 1.82) is 0 Å². The van der Waals surface area contributed by atoms with E-state index in [0.29, 0.717) is 0 Å². The summed E-state index contributed by atoms with van der Waals surface area (Å²) in [5.74, 6) is 0.999. The first-order valence-electron chi connectivity index (χ1n) is 7.90. The Morgan fingerprint density at radius 1 is 1.22 bits per heavy atom. The van der Waals surface area contributed by atoms with E-state index in [-0.39, 0.29) is 6.10 Å². The monoisotopic (exact) mass is 327 g/mol. The fraction of sp³-hybridized carbons (Fsp3) is 0.278. The highest BCUT2D eigenvalue weighted by atomic mass is 35.5. The fourth-order valence-electron chi connectivity index (χ4n) is 2.99. The van der Waals surface area contributed by atoms with E-state index in [2.05, 4.69) is 9.72 Å². The van der Waals surface area contributed by atoms with Crippen molar-refractivity contribution in [2.75, 3.05) is 18.5 Å². The number of benzene rings is 1. The molecule has 0 bridgehead atoms. The van der Waals surface area contributed by atoms with Crippen molar-refractivity contribution >= 4 is 23.1 Å². The Morgan fingerprint density at radius 2 is 2.09 bits per heavy atom. The Balaban J connectivity index is 1.72. The maximum atomic E-state index is 6.01. The number of nitrogens with zero attached hydrogens (tertiary/aromatic N) is 2. The van der Waals surface area contributed by atoms with Crippen LogP contribution in [0.5, 0.6) is 0 Å². The number of hydrogen-bond acceptors (Lipinski definition) is 3. The molecule has 1 aliphatic heterocycles. The highest BCUT2D eigenvalue weighted by Gasteiger charge is 2.18. The summed E-state index contributed by atoms with van der Waals surface area (Å²) in [6.45, 7) is 1.66. The lowest BCUT2D eigenvalue weighted by atomic mass is 10.1. The number of fused-ring (bicyclic) bond motifs is 1. The van der Waals surface area contributed by atoms with Gasteiger partial charge in [-0.25, -0.2) is 4.98 Å². The van der Waals surface area contributed by atoms with E-state index in [4.69, 9.17) is 21.3 Å². The third-order valence-corrected chi connectivity index (χ3v) is 4.42. The summed E-state index contributed by atoms with van der Waals surface area (Å²) in [6, 6.07) is 13.8. The minimum Gasteiger partial charge on any atom is -0.376 e. The number of nitrogens with one attached hydrogen (secondary N) is 1. The van der Waals surface area contributed by atoms with Crippen LogP contribution in [-0.2, 0) is 4.74 Å². The average molecular weight is 328 g/mol. The summed E-state index contributed by atoms with van der Waals surface area (Å²) in [6.07, 6.45) is 4.56. The van der Waals surface area contributed by atoms with Crippen LogP contribution in [0.25, 0.3) is 16.9 Å². The molecular weight excluding hydrogens is 310 g/mol. The lowest BCUT2D eigenvalue weighted by Crippen LogP contribution is -2.19. The fourth-order valence-corrected chi connectivity index (χ4v) is 3.12. The first-order valence-corrected chi connectivity index (χ1v) is 8.27. The van der Waals surface area contributed by atoms with Gasteiger partial charge in [-0.05, 0) is 37.1 Å². The molecule has 23 heavy (non-hydrogen) atoms. The molecular formula is C18H18ClN3O. The van der Waals surface area contributed by atoms with Gasteiger partial charge >= 0.3 is 0 Å². The Hall–Kier alpha value is -2.04. The quantitative estimate of drug-likeness (QED) is 0.778. The van der Waals surface area contributed by atoms with Crippen LogP contribution < -0.4 is 5.32 Å². The Bertz CT molecular complexity index is 807. The van der Waals surface area contributed by atoms with Gasteiger partial charge in [-0.15, -0.1) is 0 Å². The summed E-state index contributed by atoms with van der Waals surface area (Å²) >= 11 is 6.01. The van der Waals surface area contributed by atoms with Crippen molar-refractivity contribution in [2.24, 2.45) is 0 Å². The van der Waals surface area contributed by atoms with Gasteiger partial charge < -0.3 is 10.1 Å². The van der Waals surface area contributed by atoms with Crippen molar-refractivity contribution in [3.8, 4) is 11.3 Å². The van der Waals surface area contributed by atoms with Crippen LogP contribution >= 0.6 is 11.6 Å². The molecule has 4 rings (SSSR count). The Kier molecular flexibility index (Phi) is 3.93. The third kappa shape index (κ3) is 2.92. The van der Waals surface area contributed by atoms with Gasteiger partial charge in [-0.1, -0.05) is 29.8 Å². The summed E-state index contributed by atoms with van der Waals surface area (Å²) in [7, 11) is 0. The van der Waals surface area contributed by atoms with E-state index in [1.54, 1.807) is 0 Å². The van der Waals surface area contributed by atoms with E-state index in [9.17, 15) is 0 Å². The molecule has 4 nitrogen and oxygen atoms in total. The molecule has 118 valence electrons. The second-order valence-electron chi connectivity index (χ2n) is 5.76. The molecule has 1 fully saturated rings. The van der Waals surface area contributed by atoms with E-state index in [1.807, 2.05) is 48.7 Å². The predicted octanol–water partition coefficient (Wildman–Crippen LogP) is 4.25. The molecule has 1 N–H and O–H groups in total. The number of aromatic nitrogens is 2. The highest BCUT2D eigenvalue weighted by molar-refractivity contribution is 6.30. The van der Waals surface area contributed by atoms with Crippen molar-refractivity contribution < 1.29 is 4.74 Å². The molecule has 0 saturated carbocycles. The summed E-state index contributed by atoms with van der Waals surface area (Å²) < 4.78 is 7.80. The number of pyridine rings is 1. The summed E-state index contributed by atoms with van der Waals surface area (Å²) in [5, 5.41) is 4.26. The van der Waals surface area contributed by atoms with Crippen LogP contribution in [0.1, 0.15) is 12.8 Å². The lowest BCUT2D eigenvalue weighted by molar-refractivity contribution is 0.120. The van der Waals surface area contributed by atoms with E-state index >= 15 is 0 Å². The molecule has 0 radical (unpaired) electrons. The first-order chi connectivity index (χ1) is 11.3. The lowest BCUT2D eigenvalue weighted by Gasteiger charge is -2.13. The van der Waals surface area contributed by atoms with Gasteiger partial charge in [0.25, 0.3) is 0 Å². The molecule has 0 amide bonds. The molecule has 1 aromatic carbocycles. The molecule has 5 heteroatoms. The standard InChI is InChI=1S/C18H18ClN3O/c19-14-8-6-13(7-9-14)17-18(20-12-15-4-3-11-23-15)22-10-2-1-5-16(22)21-17/h1-2,5-10,15,20H,3-4,11-12H2/t15-/m0/s1. The van der Waals surface area contributed by atoms with Crippen LogP contribution in [0.4, 0.5) is 5.82 Å². The van der Waals surface area contributed by atoms with Crippen molar-refractivity contribution in [3.05, 3.63) is 53.7 Å². The van der Waals surface area contributed by atoms with E-state index in [0.717, 1.165) is 53.7 Å². The number of rotatable bonds is 4. The van der Waals surface area contributed by atoms with Gasteiger partial charge in [0, 0.05) is 29.9 Å². The van der Waals surface area contributed by atoms with Crippen LogP contribution in [0, 0.1) is 0 Å². The van der Waals surface area contributed by atoms with Gasteiger partial charge in [-0.2, -0.15) is 0 Å². The molecule has 0 aliphatic carbocycles. The van der Waals surface area contributed by atoms with Crippen molar-refractivity contribution in [2.45, 2.75) is 18.9 Å². The molecule has 1 aliphatic rings. The zero-order valence-corrected chi connectivity index (χ0v) is 13.5. The van der Waals surface area contributed by atoms with Crippen molar-refractivity contribution in [1.82, 2.24) is 9.38 Å². The maximum absolute atomic E-state index is 6.01. The van der Waals surface area contributed by atoms with Crippen LogP contribution in [-0.4, -0.2) is 28.6 Å². The number of imidazole rings is 1. The van der Waals surface area contributed by atoms with Crippen molar-refractivity contribution in [3.63, 3.8) is 0 Å². The SMILES string of the molecule is Clc1ccc(-c2nc3ccccn3c2NC[C@@H]2CCCO2)cc1. The van der Waals surface area contributed by atoms with Crippen LogP contribution in [0.2, 0.25) is 5.02 Å². The maximum Gasteiger partial charge on any atom is 0.139 e. The first kappa shape index (κ1) is 14.5. The minimum atomic E-state index is 0.280. The number of halogens is 1. The molecule has 3 aromatic rings. The van der Waals surface area contributed by atoms with E-state index < -0.39 is 0 Å². The smallest absolute Gasteiger partial charge is 0.139 e.